The molecule has 5 heteroatoms. The van der Waals surface area contributed by atoms with Gasteiger partial charge in [-0.25, -0.2) is 0 Å². The van der Waals surface area contributed by atoms with Gasteiger partial charge in [0, 0.05) is 32.0 Å². The Kier molecular flexibility index (Phi) is 5.19. The number of hydrogen-bond acceptors (Lipinski definition) is 4. The summed E-state index contributed by atoms with van der Waals surface area (Å²) in [6.07, 6.45) is 0.290. The highest BCUT2D eigenvalue weighted by molar-refractivity contribution is 5.78. The first-order valence-electron chi connectivity index (χ1n) is 6.17. The first-order chi connectivity index (χ1) is 8.99. The van der Waals surface area contributed by atoms with E-state index in [1.807, 2.05) is 31.0 Å². The Morgan fingerprint density at radius 1 is 1.58 bits per heavy atom. The molecule has 3 N–H and O–H groups in total. The van der Waals surface area contributed by atoms with E-state index in [0.29, 0.717) is 18.7 Å². The number of carbonyl (C=O) groups excluding carboxylic acids is 1. The highest BCUT2D eigenvalue weighted by atomic mass is 16.1. The Hall–Kier alpha value is -2.22. The van der Waals surface area contributed by atoms with Gasteiger partial charge in [0.15, 0.2) is 0 Å². The highest BCUT2D eigenvalue weighted by Gasteiger charge is 2.14. The molecule has 19 heavy (non-hydrogen) atoms. The summed E-state index contributed by atoms with van der Waals surface area (Å²) in [5.41, 5.74) is 8.21. The van der Waals surface area contributed by atoms with Crippen molar-refractivity contribution in [1.82, 2.24) is 5.32 Å². The Bertz CT molecular complexity index is 493. The van der Waals surface area contributed by atoms with E-state index in [2.05, 4.69) is 11.4 Å². The molecule has 0 spiro atoms. The van der Waals surface area contributed by atoms with E-state index in [1.165, 1.54) is 0 Å². The van der Waals surface area contributed by atoms with Crippen LogP contribution in [-0.4, -0.2) is 26.5 Å². The maximum Gasteiger partial charge on any atom is 0.224 e. The number of amides is 1. The molecule has 0 aliphatic carbocycles. The van der Waals surface area contributed by atoms with Gasteiger partial charge in [0.05, 0.1) is 18.4 Å². The summed E-state index contributed by atoms with van der Waals surface area (Å²) in [7, 11) is 3.55. The fourth-order valence-electron chi connectivity index (χ4n) is 1.91. The van der Waals surface area contributed by atoms with Crippen LogP contribution in [0.2, 0.25) is 0 Å². The lowest BCUT2D eigenvalue weighted by atomic mass is 10.1. The van der Waals surface area contributed by atoms with E-state index < -0.39 is 0 Å². The van der Waals surface area contributed by atoms with E-state index in [4.69, 9.17) is 11.0 Å². The number of benzene rings is 1. The van der Waals surface area contributed by atoms with Gasteiger partial charge in [-0.3, -0.25) is 4.79 Å². The fourth-order valence-corrected chi connectivity index (χ4v) is 1.91. The van der Waals surface area contributed by atoms with E-state index in [0.717, 1.165) is 11.3 Å². The maximum absolute atomic E-state index is 11.5. The minimum Gasteiger partial charge on any atom is -0.398 e. The standard InChI is InChI=1S/C14H20N4O/c1-10(14(19)17-2)9-18(3)12-4-5-13(16)11(8-12)6-7-15/h4-5,8,10H,6,9,16H2,1-3H3,(H,17,19). The predicted octanol–water partition coefficient (Wildman–Crippen LogP) is 1.15. The third-order valence-corrected chi connectivity index (χ3v) is 3.08. The van der Waals surface area contributed by atoms with Crippen LogP contribution in [0.3, 0.4) is 0 Å². The van der Waals surface area contributed by atoms with Gasteiger partial charge in [0.2, 0.25) is 5.91 Å². The molecular weight excluding hydrogens is 240 g/mol. The second-order valence-corrected chi connectivity index (χ2v) is 4.61. The van der Waals surface area contributed by atoms with Crippen LogP contribution in [0.4, 0.5) is 11.4 Å². The van der Waals surface area contributed by atoms with Crippen molar-refractivity contribution in [3.8, 4) is 6.07 Å². The largest absolute Gasteiger partial charge is 0.398 e. The summed E-state index contributed by atoms with van der Waals surface area (Å²) in [5, 5.41) is 11.4. The number of nitrogens with two attached hydrogens (primary N) is 1. The summed E-state index contributed by atoms with van der Waals surface area (Å²) >= 11 is 0. The molecule has 1 unspecified atom stereocenters. The van der Waals surface area contributed by atoms with Crippen LogP contribution in [0, 0.1) is 17.2 Å². The van der Waals surface area contributed by atoms with Crippen molar-refractivity contribution in [3.63, 3.8) is 0 Å². The first-order valence-corrected chi connectivity index (χ1v) is 6.17. The number of nitrogens with zero attached hydrogens (tertiary/aromatic N) is 2. The normalized spacial score (nSPS) is 11.5. The van der Waals surface area contributed by atoms with Gasteiger partial charge in [0.25, 0.3) is 0 Å². The van der Waals surface area contributed by atoms with Crippen molar-refractivity contribution in [3.05, 3.63) is 23.8 Å². The molecule has 1 rings (SSSR count). The Balaban J connectivity index is 2.83. The van der Waals surface area contributed by atoms with Crippen LogP contribution in [0.5, 0.6) is 0 Å². The molecule has 0 aliphatic rings. The maximum atomic E-state index is 11.5. The van der Waals surface area contributed by atoms with Gasteiger partial charge in [-0.05, 0) is 23.8 Å². The molecule has 102 valence electrons. The van der Waals surface area contributed by atoms with Crippen molar-refractivity contribution >= 4 is 17.3 Å². The Labute approximate surface area is 114 Å². The lowest BCUT2D eigenvalue weighted by Gasteiger charge is -2.23. The molecular formula is C14H20N4O. The molecule has 0 radical (unpaired) electrons. The molecule has 0 saturated heterocycles. The SMILES string of the molecule is CNC(=O)C(C)CN(C)c1ccc(N)c(CC#N)c1. The zero-order chi connectivity index (χ0) is 14.4. The molecule has 0 aromatic heterocycles. The Morgan fingerprint density at radius 2 is 2.26 bits per heavy atom. The quantitative estimate of drug-likeness (QED) is 0.778. The Morgan fingerprint density at radius 3 is 2.84 bits per heavy atom. The lowest BCUT2D eigenvalue weighted by molar-refractivity contribution is -0.123. The molecule has 1 atom stereocenters. The average molecular weight is 260 g/mol. The second kappa shape index (κ2) is 6.64. The summed E-state index contributed by atoms with van der Waals surface area (Å²) < 4.78 is 0. The monoisotopic (exact) mass is 260 g/mol. The van der Waals surface area contributed by atoms with Gasteiger partial charge < -0.3 is 16.0 Å². The minimum atomic E-state index is -0.105. The number of anilines is 2. The van der Waals surface area contributed by atoms with Gasteiger partial charge >= 0.3 is 0 Å². The number of nitrogen functional groups attached to an aromatic ring is 1. The van der Waals surface area contributed by atoms with Gasteiger partial charge in [-0.1, -0.05) is 6.92 Å². The summed E-state index contributed by atoms with van der Waals surface area (Å²) in [6.45, 7) is 2.48. The van der Waals surface area contributed by atoms with E-state index in [1.54, 1.807) is 13.1 Å². The average Bonchev–Trinajstić information content (AvgIpc) is 2.40. The van der Waals surface area contributed by atoms with E-state index >= 15 is 0 Å². The van der Waals surface area contributed by atoms with Crippen LogP contribution in [0.15, 0.2) is 18.2 Å². The molecule has 1 aromatic carbocycles. The van der Waals surface area contributed by atoms with Crippen molar-refractivity contribution in [1.29, 1.82) is 5.26 Å². The summed E-state index contributed by atoms with van der Waals surface area (Å²) in [5.74, 6) is -0.0912. The smallest absolute Gasteiger partial charge is 0.224 e. The van der Waals surface area contributed by atoms with Crippen molar-refractivity contribution < 1.29 is 4.79 Å². The third kappa shape index (κ3) is 3.88. The minimum absolute atomic E-state index is 0.0135. The number of carbonyl (C=O) groups is 1. The van der Waals surface area contributed by atoms with E-state index in [9.17, 15) is 4.79 Å². The molecule has 1 amide bonds. The molecule has 5 nitrogen and oxygen atoms in total. The van der Waals surface area contributed by atoms with Crippen LogP contribution in [0.25, 0.3) is 0 Å². The van der Waals surface area contributed by atoms with Crippen LogP contribution in [-0.2, 0) is 11.2 Å². The highest BCUT2D eigenvalue weighted by Crippen LogP contribution is 2.21. The van der Waals surface area contributed by atoms with Crippen molar-refractivity contribution in [2.24, 2.45) is 5.92 Å². The molecule has 0 saturated carbocycles. The topological polar surface area (TPSA) is 82.2 Å². The molecule has 0 aliphatic heterocycles. The summed E-state index contributed by atoms with van der Waals surface area (Å²) in [4.78, 5) is 13.5. The molecule has 0 heterocycles. The number of rotatable bonds is 5. The zero-order valence-corrected chi connectivity index (χ0v) is 11.6. The number of hydrogen-bond donors (Lipinski definition) is 2. The number of nitriles is 1. The predicted molar refractivity (Wildman–Crippen MR) is 76.7 cm³/mol. The molecule has 1 aromatic rings. The second-order valence-electron chi connectivity index (χ2n) is 4.61. The van der Waals surface area contributed by atoms with Crippen molar-refractivity contribution in [2.45, 2.75) is 13.3 Å². The van der Waals surface area contributed by atoms with E-state index in [-0.39, 0.29) is 11.8 Å². The lowest BCUT2D eigenvalue weighted by Crippen LogP contribution is -2.34. The van der Waals surface area contributed by atoms with Gasteiger partial charge in [0.1, 0.15) is 0 Å². The third-order valence-electron chi connectivity index (χ3n) is 3.08. The van der Waals surface area contributed by atoms with Gasteiger partial charge in [-0.15, -0.1) is 0 Å². The van der Waals surface area contributed by atoms with Crippen molar-refractivity contribution in [2.75, 3.05) is 31.3 Å². The van der Waals surface area contributed by atoms with Crippen LogP contribution in [0.1, 0.15) is 12.5 Å². The first kappa shape index (κ1) is 14.8. The number of nitrogens with one attached hydrogen (secondary N) is 1. The summed E-state index contributed by atoms with van der Waals surface area (Å²) in [6, 6.07) is 7.68. The van der Waals surface area contributed by atoms with Gasteiger partial charge in [-0.2, -0.15) is 5.26 Å². The molecule has 0 fully saturated rings. The molecule has 0 bridgehead atoms. The van der Waals surface area contributed by atoms with Crippen LogP contribution < -0.4 is 16.0 Å². The van der Waals surface area contributed by atoms with Crippen LogP contribution >= 0.6 is 0 Å². The zero-order valence-electron chi connectivity index (χ0n) is 11.6. The fraction of sp³-hybridized carbons (Fsp3) is 0.429.